The van der Waals surface area contributed by atoms with Gasteiger partial charge in [0, 0.05) is 19.2 Å². The zero-order valence-corrected chi connectivity index (χ0v) is 30.9. The minimum Gasteiger partial charge on any atom is -0.452 e. The van der Waals surface area contributed by atoms with E-state index in [-0.39, 0.29) is 29.5 Å². The highest BCUT2D eigenvalue weighted by atomic mass is 32.2. The van der Waals surface area contributed by atoms with Crippen molar-refractivity contribution in [1.29, 1.82) is 0 Å². The first kappa shape index (κ1) is 36.6. The van der Waals surface area contributed by atoms with Crippen LogP contribution in [0.3, 0.4) is 0 Å². The molecule has 10 nitrogen and oxygen atoms in total. The van der Waals surface area contributed by atoms with Gasteiger partial charge in [0.2, 0.25) is 18.4 Å². The van der Waals surface area contributed by atoms with Gasteiger partial charge < -0.3 is 19.2 Å². The summed E-state index contributed by atoms with van der Waals surface area (Å²) in [5, 5.41) is 6.27. The second-order valence-electron chi connectivity index (χ2n) is 12.9. The summed E-state index contributed by atoms with van der Waals surface area (Å²) in [6, 6.07) is 40.5. The molecule has 2 fully saturated rings. The quantitative estimate of drug-likeness (QED) is 0.0544. The topological polar surface area (TPSA) is 115 Å². The van der Waals surface area contributed by atoms with Crippen molar-refractivity contribution in [3.63, 3.8) is 0 Å². The average Bonchev–Trinajstić information content (AvgIpc) is 3.75. The van der Waals surface area contributed by atoms with Gasteiger partial charge in [-0.15, -0.1) is 23.1 Å². The zero-order chi connectivity index (χ0) is 37.5. The highest BCUT2D eigenvalue weighted by Gasteiger charge is 2.60. The van der Waals surface area contributed by atoms with Crippen molar-refractivity contribution in [1.82, 2.24) is 4.90 Å². The van der Waals surface area contributed by atoms with Crippen LogP contribution < -0.4 is 4.90 Å². The van der Waals surface area contributed by atoms with Crippen LogP contribution in [0.25, 0.3) is 0 Å². The minimum atomic E-state index is -1.45. The van der Waals surface area contributed by atoms with E-state index in [1.54, 1.807) is 11.0 Å². The summed E-state index contributed by atoms with van der Waals surface area (Å²) < 4.78 is 12.2. The van der Waals surface area contributed by atoms with E-state index in [0.29, 0.717) is 5.00 Å². The van der Waals surface area contributed by atoms with E-state index in [2.05, 4.69) is 5.16 Å². The molecule has 0 N–H and O–H groups in total. The van der Waals surface area contributed by atoms with Crippen molar-refractivity contribution in [2.75, 3.05) is 23.8 Å². The van der Waals surface area contributed by atoms with Gasteiger partial charge >= 0.3 is 11.9 Å². The Morgan fingerprint density at radius 2 is 1.31 bits per heavy atom. The Morgan fingerprint density at radius 1 is 0.796 bits per heavy atom. The lowest BCUT2D eigenvalue weighted by Gasteiger charge is -2.55. The van der Waals surface area contributed by atoms with E-state index < -0.39 is 42.2 Å². The summed E-state index contributed by atoms with van der Waals surface area (Å²) in [5.41, 5.74) is 1.67. The molecule has 7 rings (SSSR count). The number of β-lactam (4-membered cyclic amide) rings is 1. The standard InChI is InChI=1S/C42H37N3O7S2/c1-29(46)45(34-23-14-24-53-34)36-39(48)44-27-42(28-54-40(36)44,41(49)52-38(32-19-10-4-11-20-32)33-21-12-5-13-22-33)26-43-50-25-35(47)51-37(30-15-6-2-7-16-30)31-17-8-3-9-18-31/h2-24,26,36-38,40H,25,27-28H2,1H3/t36?,40-,42?/m1/s1. The monoisotopic (exact) mass is 759 g/mol. The van der Waals surface area contributed by atoms with Crippen LogP contribution in [0.5, 0.6) is 0 Å². The summed E-state index contributed by atoms with van der Waals surface area (Å²) in [6.45, 7) is 0.852. The third kappa shape index (κ3) is 7.80. The molecular formula is C42H37N3O7S2. The van der Waals surface area contributed by atoms with Crippen LogP contribution in [-0.4, -0.2) is 65.2 Å². The number of benzene rings is 4. The Kier molecular flexibility index (Phi) is 11.2. The van der Waals surface area contributed by atoms with E-state index in [4.69, 9.17) is 14.3 Å². The summed E-state index contributed by atoms with van der Waals surface area (Å²) in [5.74, 6) is -1.64. The number of oxime groups is 1. The van der Waals surface area contributed by atoms with E-state index in [1.165, 1.54) is 41.1 Å². The van der Waals surface area contributed by atoms with Gasteiger partial charge in [-0.3, -0.25) is 19.3 Å². The maximum absolute atomic E-state index is 14.5. The first-order valence-corrected chi connectivity index (χ1v) is 19.3. The molecule has 54 heavy (non-hydrogen) atoms. The van der Waals surface area contributed by atoms with Gasteiger partial charge in [0.05, 0.1) is 11.2 Å². The lowest BCUT2D eigenvalue weighted by molar-refractivity contribution is -0.160. The third-order valence-corrected chi connectivity index (χ3v) is 11.7. The molecule has 2 aliphatic heterocycles. The predicted octanol–water partition coefficient (Wildman–Crippen LogP) is 7.04. The molecule has 4 aromatic carbocycles. The Hall–Kier alpha value is -5.72. The van der Waals surface area contributed by atoms with Crippen molar-refractivity contribution in [3.05, 3.63) is 161 Å². The van der Waals surface area contributed by atoms with Crippen molar-refractivity contribution in [2.45, 2.75) is 30.5 Å². The number of carbonyl (C=O) groups is 4. The first-order chi connectivity index (χ1) is 26.3. The maximum atomic E-state index is 14.5. The number of nitrogens with zero attached hydrogens (tertiary/aromatic N) is 3. The van der Waals surface area contributed by atoms with Crippen molar-refractivity contribution < 1.29 is 33.5 Å². The highest BCUT2D eigenvalue weighted by molar-refractivity contribution is 8.00. The molecule has 3 heterocycles. The zero-order valence-electron chi connectivity index (χ0n) is 29.3. The van der Waals surface area contributed by atoms with Gasteiger partial charge in [-0.05, 0) is 39.8 Å². The summed E-state index contributed by atoms with van der Waals surface area (Å²) >= 11 is 2.74. The normalized spacial score (nSPS) is 19.2. The van der Waals surface area contributed by atoms with Crippen LogP contribution in [0.1, 0.15) is 41.4 Å². The Morgan fingerprint density at radius 3 is 1.80 bits per heavy atom. The largest absolute Gasteiger partial charge is 0.452 e. The second kappa shape index (κ2) is 16.5. The smallest absolute Gasteiger partial charge is 0.347 e. The number of fused-ring (bicyclic) bond motifs is 1. The summed E-state index contributed by atoms with van der Waals surface area (Å²) in [4.78, 5) is 62.8. The number of amides is 2. The lowest BCUT2D eigenvalue weighted by atomic mass is 9.87. The molecular weight excluding hydrogens is 723 g/mol. The number of hydrogen-bond donors (Lipinski definition) is 0. The fourth-order valence-electron chi connectivity index (χ4n) is 6.61. The van der Waals surface area contributed by atoms with Crippen molar-refractivity contribution in [3.8, 4) is 0 Å². The molecule has 2 saturated heterocycles. The molecule has 2 aliphatic rings. The molecule has 3 atom stereocenters. The summed E-state index contributed by atoms with van der Waals surface area (Å²) in [7, 11) is 0. The van der Waals surface area contributed by atoms with Crippen LogP contribution in [0.4, 0.5) is 5.00 Å². The lowest BCUT2D eigenvalue weighted by Crippen LogP contribution is -2.74. The molecule has 0 spiro atoms. The van der Waals surface area contributed by atoms with Crippen LogP contribution in [0.15, 0.2) is 144 Å². The number of carbonyl (C=O) groups excluding carboxylic acids is 4. The minimum absolute atomic E-state index is 0.0628. The number of anilines is 1. The fourth-order valence-corrected chi connectivity index (χ4v) is 8.95. The molecule has 274 valence electrons. The Bertz CT molecular complexity index is 2010. The van der Waals surface area contributed by atoms with Crippen LogP contribution in [0, 0.1) is 5.41 Å². The average molecular weight is 760 g/mol. The second-order valence-corrected chi connectivity index (χ2v) is 14.9. The predicted molar refractivity (Wildman–Crippen MR) is 208 cm³/mol. The fraction of sp³-hybridized carbons (Fsp3) is 0.214. The molecule has 2 unspecified atom stereocenters. The number of ether oxygens (including phenoxy) is 2. The van der Waals surface area contributed by atoms with Crippen LogP contribution in [0.2, 0.25) is 0 Å². The Labute approximate surface area is 321 Å². The SMILES string of the molecule is CC(=O)N(c1cccs1)C1C(=O)N2CC(C=NOCC(=O)OC(c3ccccc3)c3ccccc3)(C(=O)OC(c3ccccc3)c3ccccc3)CS[C@H]12. The first-order valence-electron chi connectivity index (χ1n) is 17.4. The molecule has 0 bridgehead atoms. The maximum Gasteiger partial charge on any atom is 0.347 e. The number of thioether (sulfide) groups is 1. The van der Waals surface area contributed by atoms with Gasteiger partial charge in [0.15, 0.2) is 12.2 Å². The molecule has 0 saturated carbocycles. The van der Waals surface area contributed by atoms with Crippen molar-refractivity contribution >= 4 is 58.1 Å². The Balaban J connectivity index is 1.12. The summed E-state index contributed by atoms with van der Waals surface area (Å²) in [6.07, 6.45) is -0.0843. The van der Waals surface area contributed by atoms with Crippen LogP contribution in [-0.2, 0) is 33.5 Å². The van der Waals surface area contributed by atoms with Gasteiger partial charge in [-0.25, -0.2) is 4.79 Å². The molecule has 0 aliphatic carbocycles. The number of thiophene rings is 1. The van der Waals surface area contributed by atoms with Crippen molar-refractivity contribution in [2.24, 2.45) is 10.6 Å². The number of hydrogen-bond acceptors (Lipinski definition) is 10. The van der Waals surface area contributed by atoms with E-state index in [0.717, 1.165) is 22.3 Å². The third-order valence-electron chi connectivity index (χ3n) is 9.29. The molecule has 5 aromatic rings. The van der Waals surface area contributed by atoms with Gasteiger partial charge in [0.1, 0.15) is 16.8 Å². The van der Waals surface area contributed by atoms with Gasteiger partial charge in [0.25, 0.3) is 0 Å². The van der Waals surface area contributed by atoms with E-state index >= 15 is 0 Å². The van der Waals surface area contributed by atoms with E-state index in [1.807, 2.05) is 133 Å². The van der Waals surface area contributed by atoms with Crippen LogP contribution >= 0.6 is 23.1 Å². The molecule has 0 radical (unpaired) electrons. The molecule has 1 aromatic heterocycles. The van der Waals surface area contributed by atoms with E-state index in [9.17, 15) is 19.2 Å². The molecule has 2 amide bonds. The number of esters is 2. The highest BCUT2D eigenvalue weighted by Crippen LogP contribution is 2.46. The van der Waals surface area contributed by atoms with Gasteiger partial charge in [-0.2, -0.15) is 0 Å². The van der Waals surface area contributed by atoms with Gasteiger partial charge in [-0.1, -0.05) is 126 Å². The number of rotatable bonds is 13. The molecule has 12 heteroatoms.